The van der Waals surface area contributed by atoms with E-state index in [4.69, 9.17) is 4.74 Å². The molecule has 3 atom stereocenters. The third-order valence-electron chi connectivity index (χ3n) is 6.80. The van der Waals surface area contributed by atoms with Gasteiger partial charge in [-0.25, -0.2) is 0 Å². The lowest BCUT2D eigenvalue weighted by molar-refractivity contribution is -0.147. The summed E-state index contributed by atoms with van der Waals surface area (Å²) in [7, 11) is 1.41. The monoisotopic (exact) mass is 330 g/mol. The van der Waals surface area contributed by atoms with Crippen molar-refractivity contribution in [2.24, 2.45) is 22.7 Å². The van der Waals surface area contributed by atoms with Crippen LogP contribution in [0.2, 0.25) is 0 Å². The maximum absolute atomic E-state index is 13.1. The Morgan fingerprint density at radius 1 is 1.25 bits per heavy atom. The molecule has 3 rings (SSSR count). The van der Waals surface area contributed by atoms with Gasteiger partial charge in [0, 0.05) is 6.42 Å². The molecule has 0 spiro atoms. The first-order chi connectivity index (χ1) is 11.2. The Hall–Kier alpha value is -1.38. The fourth-order valence-corrected chi connectivity index (χ4v) is 5.07. The Morgan fingerprint density at radius 2 is 1.96 bits per heavy atom. The van der Waals surface area contributed by atoms with Gasteiger partial charge in [-0.15, -0.1) is 0 Å². The molecule has 1 unspecified atom stereocenters. The second-order valence-corrected chi connectivity index (χ2v) is 8.65. The second-order valence-electron chi connectivity index (χ2n) is 8.65. The highest BCUT2D eigenvalue weighted by Crippen LogP contribution is 2.61. The smallest absolute Gasteiger partial charge is 0.309 e. The number of esters is 1. The van der Waals surface area contributed by atoms with Gasteiger partial charge in [-0.1, -0.05) is 32.4 Å². The van der Waals surface area contributed by atoms with Gasteiger partial charge in [0.05, 0.1) is 18.4 Å². The number of allylic oxidation sites excluding steroid dienone is 4. The Balaban J connectivity index is 2.11. The Morgan fingerprint density at radius 3 is 2.58 bits per heavy atom. The van der Waals surface area contributed by atoms with Crippen LogP contribution in [0.4, 0.5) is 0 Å². The number of carbonyl (C=O) groups is 2. The molecule has 0 aromatic heterocycles. The number of hydrogen-bond donors (Lipinski definition) is 0. The van der Waals surface area contributed by atoms with Crippen molar-refractivity contribution in [1.29, 1.82) is 0 Å². The molecule has 0 aliphatic heterocycles. The molecule has 0 aromatic carbocycles. The Labute approximate surface area is 145 Å². The van der Waals surface area contributed by atoms with Crippen molar-refractivity contribution in [1.82, 2.24) is 0 Å². The van der Waals surface area contributed by atoms with E-state index in [0.717, 1.165) is 19.3 Å². The van der Waals surface area contributed by atoms with E-state index in [-0.39, 0.29) is 23.1 Å². The summed E-state index contributed by atoms with van der Waals surface area (Å²) in [5, 5.41) is 0. The molecule has 0 N–H and O–H groups in total. The van der Waals surface area contributed by atoms with Crippen molar-refractivity contribution in [2.75, 3.05) is 7.11 Å². The molecule has 1 fully saturated rings. The lowest BCUT2D eigenvalue weighted by Gasteiger charge is -2.45. The topological polar surface area (TPSA) is 43.4 Å². The molecule has 0 heterocycles. The van der Waals surface area contributed by atoms with Crippen LogP contribution in [0.3, 0.4) is 0 Å². The highest BCUT2D eigenvalue weighted by Gasteiger charge is 2.52. The Bertz CT molecular complexity index is 639. The minimum atomic E-state index is -0.428. The number of Topliss-reactive ketones (excluding diaryl/α,β-unsaturated/α-hetero) is 1. The quantitative estimate of drug-likeness (QED) is 0.694. The summed E-state index contributed by atoms with van der Waals surface area (Å²) in [6.07, 6.45) is 7.44. The summed E-state index contributed by atoms with van der Waals surface area (Å²) in [4.78, 5) is 25.1. The van der Waals surface area contributed by atoms with Crippen LogP contribution in [0.5, 0.6) is 0 Å². The Kier molecular flexibility index (Phi) is 4.26. The van der Waals surface area contributed by atoms with Crippen LogP contribution in [0.25, 0.3) is 0 Å². The van der Waals surface area contributed by atoms with Crippen molar-refractivity contribution < 1.29 is 14.3 Å². The molecule has 3 aliphatic carbocycles. The van der Waals surface area contributed by atoms with Gasteiger partial charge in [-0.2, -0.15) is 0 Å². The van der Waals surface area contributed by atoms with Crippen LogP contribution in [0.1, 0.15) is 66.2 Å². The molecule has 132 valence electrons. The number of ketones is 1. The van der Waals surface area contributed by atoms with E-state index in [9.17, 15) is 9.59 Å². The van der Waals surface area contributed by atoms with Gasteiger partial charge in [-0.05, 0) is 61.5 Å². The predicted octanol–water partition coefficient (Wildman–Crippen LogP) is 4.62. The number of rotatable bonds is 2. The lowest BCUT2D eigenvalue weighted by atomic mass is 9.58. The summed E-state index contributed by atoms with van der Waals surface area (Å²) < 4.78 is 4.91. The first-order valence-corrected chi connectivity index (χ1v) is 9.28. The number of carbonyl (C=O) groups excluding carboxylic acids is 2. The second kappa shape index (κ2) is 5.86. The van der Waals surface area contributed by atoms with Gasteiger partial charge in [0.15, 0.2) is 0 Å². The van der Waals surface area contributed by atoms with Crippen LogP contribution < -0.4 is 0 Å². The van der Waals surface area contributed by atoms with Gasteiger partial charge in [0.2, 0.25) is 0 Å². The zero-order valence-corrected chi connectivity index (χ0v) is 15.7. The molecule has 0 amide bonds. The maximum Gasteiger partial charge on any atom is 0.309 e. The third-order valence-corrected chi connectivity index (χ3v) is 6.80. The predicted molar refractivity (Wildman–Crippen MR) is 94.4 cm³/mol. The molecule has 3 nitrogen and oxygen atoms in total. The van der Waals surface area contributed by atoms with Gasteiger partial charge in [0.1, 0.15) is 5.78 Å². The number of fused-ring (bicyclic) bond motifs is 3. The first kappa shape index (κ1) is 17.4. The van der Waals surface area contributed by atoms with Gasteiger partial charge >= 0.3 is 5.97 Å². The van der Waals surface area contributed by atoms with Crippen LogP contribution >= 0.6 is 0 Å². The minimum Gasteiger partial charge on any atom is -0.469 e. The average molecular weight is 330 g/mol. The number of methoxy groups -OCH3 is 1. The van der Waals surface area contributed by atoms with Crippen LogP contribution in [-0.2, 0) is 14.3 Å². The van der Waals surface area contributed by atoms with E-state index in [0.29, 0.717) is 18.8 Å². The van der Waals surface area contributed by atoms with Crippen molar-refractivity contribution in [3.8, 4) is 0 Å². The van der Waals surface area contributed by atoms with Crippen molar-refractivity contribution in [3.63, 3.8) is 0 Å². The fourth-order valence-electron chi connectivity index (χ4n) is 5.07. The SMILES string of the molecule is COC(=O)C1CC=C2C3=C(C(C)C)CC[C@]3(C)CC[C@@]2(C)C(=O)C1. The minimum absolute atomic E-state index is 0.205. The van der Waals surface area contributed by atoms with Crippen molar-refractivity contribution in [3.05, 3.63) is 22.8 Å². The van der Waals surface area contributed by atoms with Crippen molar-refractivity contribution >= 4 is 11.8 Å². The highest BCUT2D eigenvalue weighted by atomic mass is 16.5. The van der Waals surface area contributed by atoms with E-state index >= 15 is 0 Å². The zero-order valence-electron chi connectivity index (χ0n) is 15.7. The van der Waals surface area contributed by atoms with Crippen LogP contribution in [0.15, 0.2) is 22.8 Å². The van der Waals surface area contributed by atoms with E-state index < -0.39 is 5.41 Å². The molecule has 0 aromatic rings. The van der Waals surface area contributed by atoms with Crippen LogP contribution in [-0.4, -0.2) is 18.9 Å². The normalized spacial score (nSPS) is 36.2. The van der Waals surface area contributed by atoms with Crippen LogP contribution in [0, 0.1) is 22.7 Å². The summed E-state index contributed by atoms with van der Waals surface area (Å²) in [6, 6.07) is 0. The van der Waals surface area contributed by atoms with E-state index in [1.54, 1.807) is 0 Å². The number of ether oxygens (including phenoxy) is 1. The standard InChI is InChI=1S/C21H30O3/c1-13(2)15-8-9-20(3)10-11-21(4)16(18(15)20)7-6-14(12-17(21)22)19(23)24-5/h7,13-14H,6,8-12H2,1-5H3/t14?,20-,21-/m1/s1. The van der Waals surface area contributed by atoms with Gasteiger partial charge in [-0.3, -0.25) is 9.59 Å². The maximum atomic E-state index is 13.1. The molecule has 3 heteroatoms. The molecular formula is C21H30O3. The third kappa shape index (κ3) is 2.48. The molecule has 3 aliphatic rings. The number of hydrogen-bond acceptors (Lipinski definition) is 3. The molecular weight excluding hydrogens is 300 g/mol. The highest BCUT2D eigenvalue weighted by molar-refractivity contribution is 5.93. The molecule has 24 heavy (non-hydrogen) atoms. The summed E-state index contributed by atoms with van der Waals surface area (Å²) in [5.74, 6) is 0.147. The summed E-state index contributed by atoms with van der Waals surface area (Å²) >= 11 is 0. The lowest BCUT2D eigenvalue weighted by Crippen LogP contribution is -2.39. The largest absolute Gasteiger partial charge is 0.469 e. The molecule has 0 saturated heterocycles. The summed E-state index contributed by atoms with van der Waals surface area (Å²) in [6.45, 7) is 8.99. The van der Waals surface area contributed by atoms with E-state index in [1.807, 2.05) is 0 Å². The average Bonchev–Trinajstić information content (AvgIpc) is 2.83. The van der Waals surface area contributed by atoms with E-state index in [2.05, 4.69) is 33.8 Å². The first-order valence-electron chi connectivity index (χ1n) is 9.28. The van der Waals surface area contributed by atoms with Crippen molar-refractivity contribution in [2.45, 2.75) is 66.2 Å². The zero-order chi connectivity index (χ0) is 17.7. The molecule has 0 radical (unpaired) electrons. The van der Waals surface area contributed by atoms with Gasteiger partial charge < -0.3 is 4.74 Å². The summed E-state index contributed by atoms with van der Waals surface area (Å²) in [5.41, 5.74) is 3.98. The van der Waals surface area contributed by atoms with Gasteiger partial charge in [0.25, 0.3) is 0 Å². The molecule has 1 saturated carbocycles. The molecule has 0 bridgehead atoms. The van der Waals surface area contributed by atoms with E-state index in [1.165, 1.54) is 30.2 Å². The fraction of sp³-hybridized carbons (Fsp3) is 0.714.